The number of nitrogens with one attached hydrogen (secondary N) is 1. The van der Waals surface area contributed by atoms with Crippen LogP contribution in [0.1, 0.15) is 16.3 Å². The number of thiazole rings is 1. The third-order valence-corrected chi connectivity index (χ3v) is 3.52. The van der Waals surface area contributed by atoms with Crippen molar-refractivity contribution in [2.75, 3.05) is 12.3 Å². The molecule has 4 heteroatoms. The summed E-state index contributed by atoms with van der Waals surface area (Å²) in [5.41, 5.74) is 8.82. The third-order valence-electron chi connectivity index (χ3n) is 2.49. The van der Waals surface area contributed by atoms with Gasteiger partial charge in [0.25, 0.3) is 0 Å². The average molecular weight is 247 g/mol. The minimum Gasteiger partial charge on any atom is -0.399 e. The van der Waals surface area contributed by atoms with Gasteiger partial charge in [-0.3, -0.25) is 0 Å². The number of hydrogen-bond donors (Lipinski definition) is 2. The molecule has 0 atom stereocenters. The minimum atomic E-state index is 0.812. The van der Waals surface area contributed by atoms with Crippen LogP contribution in [0, 0.1) is 6.92 Å². The van der Waals surface area contributed by atoms with Crippen LogP contribution < -0.4 is 11.1 Å². The molecular weight excluding hydrogens is 230 g/mol. The summed E-state index contributed by atoms with van der Waals surface area (Å²) in [5, 5.41) is 6.70. The van der Waals surface area contributed by atoms with E-state index in [4.69, 9.17) is 5.73 Å². The zero-order valence-electron chi connectivity index (χ0n) is 9.94. The second-order valence-corrected chi connectivity index (χ2v) is 4.99. The molecule has 1 heterocycles. The lowest BCUT2D eigenvalue weighted by molar-refractivity contribution is 0.685. The topological polar surface area (TPSA) is 50.9 Å². The SMILES string of the molecule is Cc1csc(CCNCc2ccc(N)cc2)n1. The quantitative estimate of drug-likeness (QED) is 0.630. The second-order valence-electron chi connectivity index (χ2n) is 4.05. The number of benzene rings is 1. The first kappa shape index (κ1) is 12.1. The number of aromatic nitrogens is 1. The Kier molecular flexibility index (Phi) is 4.12. The highest BCUT2D eigenvalue weighted by Gasteiger charge is 1.98. The van der Waals surface area contributed by atoms with Crippen molar-refractivity contribution < 1.29 is 0 Å². The Bertz CT molecular complexity index is 462. The first-order valence-corrected chi connectivity index (χ1v) is 6.58. The molecule has 0 aliphatic carbocycles. The summed E-state index contributed by atoms with van der Waals surface area (Å²) < 4.78 is 0. The molecule has 1 aromatic carbocycles. The van der Waals surface area contributed by atoms with Gasteiger partial charge in [-0.2, -0.15) is 0 Å². The average Bonchev–Trinajstić information content (AvgIpc) is 2.73. The van der Waals surface area contributed by atoms with E-state index in [1.807, 2.05) is 19.1 Å². The van der Waals surface area contributed by atoms with Gasteiger partial charge in [0.15, 0.2) is 0 Å². The minimum absolute atomic E-state index is 0.812. The van der Waals surface area contributed by atoms with Crippen LogP contribution >= 0.6 is 11.3 Å². The predicted octanol–water partition coefficient (Wildman–Crippen LogP) is 2.37. The zero-order valence-corrected chi connectivity index (χ0v) is 10.8. The van der Waals surface area contributed by atoms with E-state index in [0.29, 0.717) is 0 Å². The number of hydrogen-bond acceptors (Lipinski definition) is 4. The maximum absolute atomic E-state index is 5.63. The predicted molar refractivity (Wildman–Crippen MR) is 73.1 cm³/mol. The lowest BCUT2D eigenvalue weighted by Gasteiger charge is -2.04. The van der Waals surface area contributed by atoms with E-state index in [1.54, 1.807) is 11.3 Å². The van der Waals surface area contributed by atoms with Gasteiger partial charge < -0.3 is 11.1 Å². The number of aryl methyl sites for hydroxylation is 1. The summed E-state index contributed by atoms with van der Waals surface area (Å²) in [4.78, 5) is 4.43. The third kappa shape index (κ3) is 3.84. The van der Waals surface area contributed by atoms with E-state index in [-0.39, 0.29) is 0 Å². The van der Waals surface area contributed by atoms with Gasteiger partial charge in [-0.25, -0.2) is 4.98 Å². The monoisotopic (exact) mass is 247 g/mol. The molecule has 0 fully saturated rings. The summed E-state index contributed by atoms with van der Waals surface area (Å²) in [5.74, 6) is 0. The van der Waals surface area contributed by atoms with Crippen molar-refractivity contribution >= 4 is 17.0 Å². The molecule has 3 N–H and O–H groups in total. The lowest BCUT2D eigenvalue weighted by Crippen LogP contribution is -2.16. The maximum atomic E-state index is 5.63. The van der Waals surface area contributed by atoms with E-state index in [2.05, 4.69) is 27.8 Å². The smallest absolute Gasteiger partial charge is 0.0940 e. The molecular formula is C13H17N3S. The van der Waals surface area contributed by atoms with Gasteiger partial charge in [0.1, 0.15) is 0 Å². The van der Waals surface area contributed by atoms with Gasteiger partial charge in [0.2, 0.25) is 0 Å². The Morgan fingerprint density at radius 3 is 2.71 bits per heavy atom. The molecule has 0 radical (unpaired) electrons. The van der Waals surface area contributed by atoms with Gasteiger partial charge in [-0.1, -0.05) is 12.1 Å². The molecule has 0 saturated carbocycles. The molecule has 2 aromatic rings. The first-order valence-electron chi connectivity index (χ1n) is 5.70. The molecule has 0 amide bonds. The molecule has 0 saturated heterocycles. The summed E-state index contributed by atoms with van der Waals surface area (Å²) in [6, 6.07) is 7.97. The lowest BCUT2D eigenvalue weighted by atomic mass is 10.2. The maximum Gasteiger partial charge on any atom is 0.0940 e. The van der Waals surface area contributed by atoms with Crippen molar-refractivity contribution in [3.05, 3.63) is 45.9 Å². The first-order chi connectivity index (χ1) is 8.24. The zero-order chi connectivity index (χ0) is 12.1. The Balaban J connectivity index is 1.71. The van der Waals surface area contributed by atoms with Crippen LogP contribution in [-0.2, 0) is 13.0 Å². The molecule has 2 rings (SSSR count). The van der Waals surface area contributed by atoms with Crippen LogP contribution in [0.2, 0.25) is 0 Å². The van der Waals surface area contributed by atoms with E-state index in [9.17, 15) is 0 Å². The summed E-state index contributed by atoms with van der Waals surface area (Å²) in [6.45, 7) is 3.86. The standard InChI is InChI=1S/C13H17N3S/c1-10-9-17-13(16-10)6-7-15-8-11-2-4-12(14)5-3-11/h2-5,9,15H,6-8,14H2,1H3. The van der Waals surface area contributed by atoms with Crippen molar-refractivity contribution in [1.82, 2.24) is 10.3 Å². The van der Waals surface area contributed by atoms with Gasteiger partial charge in [-0.15, -0.1) is 11.3 Å². The van der Waals surface area contributed by atoms with E-state index in [0.717, 1.165) is 30.9 Å². The summed E-state index contributed by atoms with van der Waals surface area (Å²) >= 11 is 1.73. The number of nitrogens with zero attached hydrogens (tertiary/aromatic N) is 1. The summed E-state index contributed by atoms with van der Waals surface area (Å²) in [7, 11) is 0. The Labute approximate surface area is 106 Å². The van der Waals surface area contributed by atoms with Crippen molar-refractivity contribution in [3.63, 3.8) is 0 Å². The van der Waals surface area contributed by atoms with Crippen molar-refractivity contribution in [1.29, 1.82) is 0 Å². The fourth-order valence-electron chi connectivity index (χ4n) is 1.58. The Morgan fingerprint density at radius 1 is 1.29 bits per heavy atom. The van der Waals surface area contributed by atoms with Crippen LogP contribution in [0.4, 0.5) is 5.69 Å². The van der Waals surface area contributed by atoms with Crippen molar-refractivity contribution in [2.45, 2.75) is 19.9 Å². The normalized spacial score (nSPS) is 10.6. The fraction of sp³-hybridized carbons (Fsp3) is 0.308. The molecule has 17 heavy (non-hydrogen) atoms. The number of nitrogens with two attached hydrogens (primary N) is 1. The van der Waals surface area contributed by atoms with Gasteiger partial charge in [-0.05, 0) is 24.6 Å². The van der Waals surface area contributed by atoms with Crippen molar-refractivity contribution in [2.24, 2.45) is 0 Å². The molecule has 3 nitrogen and oxygen atoms in total. The Morgan fingerprint density at radius 2 is 2.06 bits per heavy atom. The molecule has 1 aromatic heterocycles. The highest BCUT2D eigenvalue weighted by molar-refractivity contribution is 7.09. The van der Waals surface area contributed by atoms with Crippen LogP contribution in [0.5, 0.6) is 0 Å². The molecule has 0 aliphatic heterocycles. The van der Waals surface area contributed by atoms with Crippen LogP contribution in [-0.4, -0.2) is 11.5 Å². The number of nitrogen functional groups attached to an aromatic ring is 1. The molecule has 90 valence electrons. The van der Waals surface area contributed by atoms with Gasteiger partial charge in [0.05, 0.1) is 5.01 Å². The van der Waals surface area contributed by atoms with Gasteiger partial charge >= 0.3 is 0 Å². The highest BCUT2D eigenvalue weighted by atomic mass is 32.1. The van der Waals surface area contributed by atoms with E-state index in [1.165, 1.54) is 10.6 Å². The largest absolute Gasteiger partial charge is 0.399 e. The van der Waals surface area contributed by atoms with Crippen LogP contribution in [0.25, 0.3) is 0 Å². The Hall–Kier alpha value is -1.39. The highest BCUT2D eigenvalue weighted by Crippen LogP contribution is 2.09. The van der Waals surface area contributed by atoms with Crippen LogP contribution in [0.15, 0.2) is 29.6 Å². The van der Waals surface area contributed by atoms with Crippen molar-refractivity contribution in [3.8, 4) is 0 Å². The number of anilines is 1. The molecule has 0 bridgehead atoms. The molecule has 0 spiro atoms. The molecule has 0 unspecified atom stereocenters. The fourth-order valence-corrected chi connectivity index (χ4v) is 2.36. The second kappa shape index (κ2) is 5.80. The molecule has 0 aliphatic rings. The van der Waals surface area contributed by atoms with E-state index < -0.39 is 0 Å². The number of rotatable bonds is 5. The van der Waals surface area contributed by atoms with E-state index >= 15 is 0 Å². The van der Waals surface area contributed by atoms with Gasteiger partial charge in [0, 0.05) is 36.3 Å². The summed E-state index contributed by atoms with van der Waals surface area (Å²) in [6.07, 6.45) is 0.994. The van der Waals surface area contributed by atoms with Crippen LogP contribution in [0.3, 0.4) is 0 Å².